The molecule has 1 saturated carbocycles. The lowest BCUT2D eigenvalue weighted by molar-refractivity contribution is 0.0906. The Morgan fingerprint density at radius 2 is 2.15 bits per heavy atom. The molecule has 1 heterocycles. The summed E-state index contributed by atoms with van der Waals surface area (Å²) in [5, 5.41) is 7.28. The van der Waals surface area contributed by atoms with E-state index in [9.17, 15) is 4.79 Å². The number of carbonyl (C=O) groups is 1. The fourth-order valence-corrected chi connectivity index (χ4v) is 2.97. The third kappa shape index (κ3) is 3.96. The van der Waals surface area contributed by atoms with Gasteiger partial charge < -0.3 is 11.1 Å². The quantitative estimate of drug-likeness (QED) is 0.890. The van der Waals surface area contributed by atoms with Crippen molar-refractivity contribution >= 4 is 18.3 Å². The average Bonchev–Trinajstić information content (AvgIpc) is 2.76. The second kappa shape index (κ2) is 7.64. The first kappa shape index (κ1) is 17.0. The van der Waals surface area contributed by atoms with Gasteiger partial charge in [0.1, 0.15) is 5.69 Å². The zero-order valence-corrected chi connectivity index (χ0v) is 13.1. The molecule has 2 rings (SSSR count). The van der Waals surface area contributed by atoms with Gasteiger partial charge in [-0.15, -0.1) is 12.4 Å². The van der Waals surface area contributed by atoms with E-state index in [0.717, 1.165) is 5.69 Å². The summed E-state index contributed by atoms with van der Waals surface area (Å²) >= 11 is 0. The number of aromatic nitrogens is 2. The van der Waals surface area contributed by atoms with Gasteiger partial charge in [-0.05, 0) is 31.7 Å². The number of halogens is 1. The number of amides is 1. The smallest absolute Gasteiger partial charge is 0.269 e. The minimum absolute atomic E-state index is 0. The highest BCUT2D eigenvalue weighted by Crippen LogP contribution is 2.26. The van der Waals surface area contributed by atoms with Crippen LogP contribution in [0.2, 0.25) is 0 Å². The zero-order chi connectivity index (χ0) is 13.8. The van der Waals surface area contributed by atoms with Crippen molar-refractivity contribution in [2.24, 2.45) is 18.7 Å². The molecule has 114 valence electrons. The molecule has 1 amide bonds. The van der Waals surface area contributed by atoms with Crippen LogP contribution in [0, 0.1) is 12.8 Å². The van der Waals surface area contributed by atoms with Crippen LogP contribution in [0.15, 0.2) is 6.07 Å². The monoisotopic (exact) mass is 300 g/mol. The Bertz CT molecular complexity index is 440. The standard InChI is InChI=1S/C14H24N4O.ClH/c1-10-8-13(18(2)17-10)14(19)16-12(9-15)11-6-4-3-5-7-11;/h8,11-12H,3-7,9,15H2,1-2H3,(H,16,19);1H. The van der Waals surface area contributed by atoms with Crippen molar-refractivity contribution in [3.8, 4) is 0 Å². The van der Waals surface area contributed by atoms with E-state index in [-0.39, 0.29) is 24.4 Å². The predicted molar refractivity (Wildman–Crippen MR) is 82.1 cm³/mol. The first-order valence-electron chi connectivity index (χ1n) is 7.13. The zero-order valence-electron chi connectivity index (χ0n) is 12.3. The molecular formula is C14H25ClN4O. The van der Waals surface area contributed by atoms with Gasteiger partial charge in [0.25, 0.3) is 5.91 Å². The lowest BCUT2D eigenvalue weighted by Crippen LogP contribution is -2.46. The molecule has 0 saturated heterocycles. The van der Waals surface area contributed by atoms with E-state index in [1.807, 2.05) is 13.0 Å². The Morgan fingerprint density at radius 1 is 1.50 bits per heavy atom. The highest BCUT2D eigenvalue weighted by molar-refractivity contribution is 5.92. The summed E-state index contributed by atoms with van der Waals surface area (Å²) in [5.74, 6) is 0.459. The van der Waals surface area contributed by atoms with Crippen LogP contribution in [0.3, 0.4) is 0 Å². The molecule has 1 unspecified atom stereocenters. The fourth-order valence-electron chi connectivity index (χ4n) is 2.97. The van der Waals surface area contributed by atoms with Gasteiger partial charge in [0.05, 0.1) is 5.69 Å². The summed E-state index contributed by atoms with van der Waals surface area (Å²) in [6.07, 6.45) is 6.16. The number of nitrogens with one attached hydrogen (secondary N) is 1. The third-order valence-electron chi connectivity index (χ3n) is 4.02. The molecule has 1 fully saturated rings. The van der Waals surface area contributed by atoms with Crippen LogP contribution in [0.4, 0.5) is 0 Å². The van der Waals surface area contributed by atoms with E-state index >= 15 is 0 Å². The molecule has 1 aliphatic rings. The highest BCUT2D eigenvalue weighted by atomic mass is 35.5. The normalized spacial score (nSPS) is 17.4. The Hall–Kier alpha value is -1.07. The number of hydrogen-bond acceptors (Lipinski definition) is 3. The topological polar surface area (TPSA) is 72.9 Å². The maximum atomic E-state index is 12.3. The van der Waals surface area contributed by atoms with Crippen LogP contribution in [-0.2, 0) is 7.05 Å². The highest BCUT2D eigenvalue weighted by Gasteiger charge is 2.25. The summed E-state index contributed by atoms with van der Waals surface area (Å²) in [5.41, 5.74) is 7.30. The maximum absolute atomic E-state index is 12.3. The SMILES string of the molecule is Cc1cc(C(=O)NC(CN)C2CCCCC2)n(C)n1.Cl. The van der Waals surface area contributed by atoms with E-state index in [0.29, 0.717) is 18.2 Å². The van der Waals surface area contributed by atoms with E-state index < -0.39 is 0 Å². The average molecular weight is 301 g/mol. The molecule has 1 atom stereocenters. The van der Waals surface area contributed by atoms with E-state index in [2.05, 4.69) is 10.4 Å². The molecule has 20 heavy (non-hydrogen) atoms. The van der Waals surface area contributed by atoms with Gasteiger partial charge in [0, 0.05) is 19.6 Å². The van der Waals surface area contributed by atoms with Gasteiger partial charge in [0.2, 0.25) is 0 Å². The first-order chi connectivity index (χ1) is 9.11. The molecule has 0 aromatic carbocycles. The molecule has 0 radical (unpaired) electrons. The summed E-state index contributed by atoms with van der Waals surface area (Å²) in [4.78, 5) is 12.3. The van der Waals surface area contributed by atoms with Crippen molar-refractivity contribution < 1.29 is 4.79 Å². The lowest BCUT2D eigenvalue weighted by Gasteiger charge is -2.30. The first-order valence-corrected chi connectivity index (χ1v) is 7.13. The van der Waals surface area contributed by atoms with Crippen molar-refractivity contribution in [1.82, 2.24) is 15.1 Å². The molecule has 0 aliphatic heterocycles. The predicted octanol–water partition coefficient (Wildman–Crippen LogP) is 1.79. The number of aryl methyl sites for hydroxylation is 2. The Kier molecular flexibility index (Phi) is 6.49. The van der Waals surface area contributed by atoms with Crippen molar-refractivity contribution in [3.05, 3.63) is 17.5 Å². The molecule has 0 bridgehead atoms. The van der Waals surface area contributed by atoms with Crippen molar-refractivity contribution in [2.45, 2.75) is 45.1 Å². The van der Waals surface area contributed by atoms with E-state index in [4.69, 9.17) is 5.73 Å². The number of carbonyl (C=O) groups excluding carboxylic acids is 1. The number of nitrogens with zero attached hydrogens (tertiary/aromatic N) is 2. The van der Waals surface area contributed by atoms with Crippen LogP contribution in [0.25, 0.3) is 0 Å². The summed E-state index contributed by atoms with van der Waals surface area (Å²) in [6, 6.07) is 1.90. The van der Waals surface area contributed by atoms with E-state index in [1.165, 1.54) is 32.1 Å². The minimum atomic E-state index is -0.0656. The van der Waals surface area contributed by atoms with E-state index in [1.54, 1.807) is 11.7 Å². The van der Waals surface area contributed by atoms with Crippen molar-refractivity contribution in [3.63, 3.8) is 0 Å². The van der Waals surface area contributed by atoms with Gasteiger partial charge in [0.15, 0.2) is 0 Å². The van der Waals surface area contributed by atoms with Crippen molar-refractivity contribution in [1.29, 1.82) is 0 Å². The van der Waals surface area contributed by atoms with Crippen LogP contribution < -0.4 is 11.1 Å². The Morgan fingerprint density at radius 3 is 2.65 bits per heavy atom. The number of hydrogen-bond donors (Lipinski definition) is 2. The molecular weight excluding hydrogens is 276 g/mol. The molecule has 1 aromatic rings. The molecule has 1 aliphatic carbocycles. The Balaban J connectivity index is 0.00000200. The fraction of sp³-hybridized carbons (Fsp3) is 0.714. The van der Waals surface area contributed by atoms with Crippen molar-refractivity contribution in [2.75, 3.05) is 6.54 Å². The van der Waals surface area contributed by atoms with Crippen LogP contribution in [0.1, 0.15) is 48.3 Å². The molecule has 5 nitrogen and oxygen atoms in total. The van der Waals surface area contributed by atoms with Crippen LogP contribution in [-0.4, -0.2) is 28.3 Å². The Labute approximate surface area is 126 Å². The summed E-state index contributed by atoms with van der Waals surface area (Å²) in [6.45, 7) is 2.39. The number of nitrogens with two attached hydrogens (primary N) is 1. The second-order valence-electron chi connectivity index (χ2n) is 5.51. The minimum Gasteiger partial charge on any atom is -0.346 e. The number of rotatable bonds is 4. The van der Waals surface area contributed by atoms with Gasteiger partial charge in [-0.2, -0.15) is 5.10 Å². The third-order valence-corrected chi connectivity index (χ3v) is 4.02. The van der Waals surface area contributed by atoms with Crippen LogP contribution >= 0.6 is 12.4 Å². The maximum Gasteiger partial charge on any atom is 0.269 e. The lowest BCUT2D eigenvalue weighted by atomic mass is 9.84. The molecule has 1 aromatic heterocycles. The molecule has 6 heteroatoms. The van der Waals surface area contributed by atoms with Gasteiger partial charge in [-0.25, -0.2) is 0 Å². The summed E-state index contributed by atoms with van der Waals surface area (Å²) < 4.78 is 1.62. The largest absolute Gasteiger partial charge is 0.346 e. The van der Waals surface area contributed by atoms with Gasteiger partial charge >= 0.3 is 0 Å². The second-order valence-corrected chi connectivity index (χ2v) is 5.51. The summed E-state index contributed by atoms with van der Waals surface area (Å²) in [7, 11) is 1.79. The van der Waals surface area contributed by atoms with Crippen LogP contribution in [0.5, 0.6) is 0 Å². The van der Waals surface area contributed by atoms with Gasteiger partial charge in [-0.1, -0.05) is 19.3 Å². The molecule has 0 spiro atoms. The molecule has 3 N–H and O–H groups in total. The van der Waals surface area contributed by atoms with Gasteiger partial charge in [-0.3, -0.25) is 9.48 Å².